The topological polar surface area (TPSA) is 196 Å². The van der Waals surface area contributed by atoms with Crippen LogP contribution in [0.5, 0.6) is 0 Å². The lowest BCUT2D eigenvalue weighted by atomic mass is 10.0. The highest BCUT2D eigenvalue weighted by atomic mass is 16.4. The fraction of sp³-hybridized carbons (Fsp3) is 0.615. The molecule has 0 radical (unpaired) electrons. The third-order valence-electron chi connectivity index (χ3n) is 2.97. The van der Waals surface area contributed by atoms with Crippen molar-refractivity contribution in [3.05, 3.63) is 0 Å². The van der Waals surface area contributed by atoms with Crippen LogP contribution in [0.3, 0.4) is 0 Å². The Bertz CT molecular complexity index is 519. The van der Waals surface area contributed by atoms with Crippen LogP contribution >= 0.6 is 0 Å². The van der Waals surface area contributed by atoms with Gasteiger partial charge in [0.05, 0.1) is 18.9 Å². The minimum atomic E-state index is -1.67. The van der Waals surface area contributed by atoms with Crippen LogP contribution < -0.4 is 16.4 Å². The Kier molecular flexibility index (Phi) is 8.39. The van der Waals surface area contributed by atoms with Crippen LogP contribution in [0.4, 0.5) is 0 Å². The summed E-state index contributed by atoms with van der Waals surface area (Å²) in [5, 5.41) is 30.4. The van der Waals surface area contributed by atoms with E-state index in [9.17, 15) is 24.0 Å². The number of hydrogen-bond donors (Lipinski definition) is 6. The molecule has 0 saturated carbocycles. The highest BCUT2D eigenvalue weighted by Crippen LogP contribution is 2.05. The maximum absolute atomic E-state index is 12.1. The van der Waals surface area contributed by atoms with Crippen molar-refractivity contribution in [1.82, 2.24) is 10.6 Å². The van der Waals surface area contributed by atoms with Gasteiger partial charge in [0.1, 0.15) is 12.1 Å². The van der Waals surface area contributed by atoms with E-state index in [-0.39, 0.29) is 0 Å². The number of hydrogen-bond acceptors (Lipinski definition) is 6. The second-order valence-electron chi connectivity index (χ2n) is 5.43. The maximum atomic E-state index is 12.1. The first-order chi connectivity index (χ1) is 11.0. The molecule has 0 aromatic heterocycles. The lowest BCUT2D eigenvalue weighted by Crippen LogP contribution is -2.56. The van der Waals surface area contributed by atoms with Gasteiger partial charge >= 0.3 is 17.9 Å². The van der Waals surface area contributed by atoms with E-state index in [1.807, 2.05) is 5.32 Å². The van der Waals surface area contributed by atoms with Crippen molar-refractivity contribution in [1.29, 1.82) is 0 Å². The molecule has 0 aliphatic heterocycles. The molecule has 0 aromatic carbocycles. The smallest absolute Gasteiger partial charge is 0.326 e. The van der Waals surface area contributed by atoms with Gasteiger partial charge in [-0.15, -0.1) is 0 Å². The van der Waals surface area contributed by atoms with Crippen LogP contribution in [0.15, 0.2) is 0 Å². The molecule has 0 aliphatic carbocycles. The molecule has 136 valence electrons. The number of carbonyl (C=O) groups is 5. The molecule has 0 fully saturated rings. The number of aliphatic carboxylic acids is 3. The van der Waals surface area contributed by atoms with Gasteiger partial charge in [0.2, 0.25) is 11.8 Å². The zero-order valence-corrected chi connectivity index (χ0v) is 13.2. The van der Waals surface area contributed by atoms with Gasteiger partial charge in [-0.05, 0) is 5.92 Å². The van der Waals surface area contributed by atoms with Crippen molar-refractivity contribution in [2.75, 3.05) is 0 Å². The number of carboxylic acids is 3. The van der Waals surface area contributed by atoms with Crippen molar-refractivity contribution in [3.8, 4) is 0 Å². The van der Waals surface area contributed by atoms with Gasteiger partial charge in [0.15, 0.2) is 0 Å². The minimum absolute atomic E-state index is 0.481. The first kappa shape index (κ1) is 21.3. The zero-order chi connectivity index (χ0) is 19.0. The Morgan fingerprint density at radius 1 is 0.875 bits per heavy atom. The monoisotopic (exact) mass is 347 g/mol. The summed E-state index contributed by atoms with van der Waals surface area (Å²) in [5.74, 6) is -6.54. The molecule has 0 heterocycles. The second kappa shape index (κ2) is 9.45. The first-order valence-corrected chi connectivity index (χ1v) is 6.98. The molecule has 0 spiro atoms. The summed E-state index contributed by atoms with van der Waals surface area (Å²) in [6.07, 6.45) is -1.48. The van der Waals surface area contributed by atoms with Crippen molar-refractivity contribution in [3.63, 3.8) is 0 Å². The Morgan fingerprint density at radius 3 is 1.75 bits per heavy atom. The molecule has 3 atom stereocenters. The molecular weight excluding hydrogens is 326 g/mol. The highest BCUT2D eigenvalue weighted by Gasteiger charge is 2.31. The Hall–Kier alpha value is -2.69. The number of amides is 2. The SMILES string of the molecule is CC(C)C(NC(=O)C(N)CC(=O)O)C(=O)NC(CC(=O)O)C(=O)O. The molecule has 0 aromatic rings. The Balaban J connectivity index is 5.00. The van der Waals surface area contributed by atoms with Crippen molar-refractivity contribution in [2.45, 2.75) is 44.8 Å². The van der Waals surface area contributed by atoms with Gasteiger partial charge in [0.25, 0.3) is 0 Å². The molecule has 0 bridgehead atoms. The standard InChI is InChI=1S/C13H21N3O8/c1-5(2)10(16-11(21)6(14)3-8(17)18)12(22)15-7(13(23)24)4-9(19)20/h5-7,10H,3-4,14H2,1-2H3,(H,15,22)(H,16,21)(H,17,18)(H,19,20)(H,23,24). The predicted molar refractivity (Wildman–Crippen MR) is 78.8 cm³/mol. The van der Waals surface area contributed by atoms with E-state index in [2.05, 4.69) is 5.32 Å². The van der Waals surface area contributed by atoms with Crippen LogP contribution in [0, 0.1) is 5.92 Å². The van der Waals surface area contributed by atoms with E-state index >= 15 is 0 Å². The van der Waals surface area contributed by atoms with Crippen molar-refractivity contribution in [2.24, 2.45) is 11.7 Å². The van der Waals surface area contributed by atoms with E-state index in [1.54, 1.807) is 13.8 Å². The van der Waals surface area contributed by atoms with E-state index in [0.29, 0.717) is 0 Å². The lowest BCUT2D eigenvalue weighted by Gasteiger charge is -2.24. The van der Waals surface area contributed by atoms with E-state index in [1.165, 1.54) is 0 Å². The molecule has 7 N–H and O–H groups in total. The fourth-order valence-corrected chi connectivity index (χ4v) is 1.71. The number of nitrogens with one attached hydrogen (secondary N) is 2. The van der Waals surface area contributed by atoms with Gasteiger partial charge in [-0.25, -0.2) is 4.79 Å². The summed E-state index contributed by atoms with van der Waals surface area (Å²) >= 11 is 0. The lowest BCUT2D eigenvalue weighted by molar-refractivity contribution is -0.147. The molecule has 0 saturated heterocycles. The van der Waals surface area contributed by atoms with Gasteiger partial charge in [-0.3, -0.25) is 19.2 Å². The molecule has 24 heavy (non-hydrogen) atoms. The van der Waals surface area contributed by atoms with Crippen molar-refractivity contribution >= 4 is 29.7 Å². The molecule has 2 amide bonds. The quantitative estimate of drug-likeness (QED) is 0.258. The summed E-state index contributed by atoms with van der Waals surface area (Å²) in [6.45, 7) is 3.11. The number of rotatable bonds is 10. The van der Waals surface area contributed by atoms with Crippen LogP contribution in [-0.4, -0.2) is 63.2 Å². The van der Waals surface area contributed by atoms with Crippen LogP contribution in [-0.2, 0) is 24.0 Å². The van der Waals surface area contributed by atoms with E-state index in [4.69, 9.17) is 21.1 Å². The summed E-state index contributed by atoms with van der Waals surface area (Å²) < 4.78 is 0. The number of nitrogens with two attached hydrogens (primary N) is 1. The average Bonchev–Trinajstić information content (AvgIpc) is 2.41. The maximum Gasteiger partial charge on any atom is 0.326 e. The van der Waals surface area contributed by atoms with Gasteiger partial charge in [0, 0.05) is 0 Å². The third-order valence-corrected chi connectivity index (χ3v) is 2.97. The van der Waals surface area contributed by atoms with Gasteiger partial charge in [-0.1, -0.05) is 13.8 Å². The summed E-state index contributed by atoms with van der Waals surface area (Å²) in [6, 6.07) is -4.25. The van der Waals surface area contributed by atoms with Gasteiger partial charge in [-0.2, -0.15) is 0 Å². The fourth-order valence-electron chi connectivity index (χ4n) is 1.71. The van der Waals surface area contributed by atoms with Crippen LogP contribution in [0.25, 0.3) is 0 Å². The second-order valence-corrected chi connectivity index (χ2v) is 5.43. The van der Waals surface area contributed by atoms with E-state index in [0.717, 1.165) is 0 Å². The summed E-state index contributed by atoms with van der Waals surface area (Å²) in [5.41, 5.74) is 5.39. The largest absolute Gasteiger partial charge is 0.481 e. The van der Waals surface area contributed by atoms with Crippen molar-refractivity contribution < 1.29 is 39.3 Å². The number of carboxylic acid groups (broad SMARTS) is 3. The normalized spacial score (nSPS) is 14.3. The minimum Gasteiger partial charge on any atom is -0.481 e. The summed E-state index contributed by atoms with van der Waals surface area (Å²) in [4.78, 5) is 56.0. The van der Waals surface area contributed by atoms with E-state index < -0.39 is 66.6 Å². The molecule has 0 aliphatic rings. The third kappa shape index (κ3) is 7.54. The molecule has 11 nitrogen and oxygen atoms in total. The summed E-state index contributed by atoms with van der Waals surface area (Å²) in [7, 11) is 0. The molecule has 0 rings (SSSR count). The van der Waals surface area contributed by atoms with Gasteiger partial charge < -0.3 is 31.7 Å². The predicted octanol–water partition coefficient (Wildman–Crippen LogP) is -2.03. The zero-order valence-electron chi connectivity index (χ0n) is 13.2. The number of carbonyl (C=O) groups excluding carboxylic acids is 2. The Morgan fingerprint density at radius 2 is 1.38 bits per heavy atom. The molecule has 3 unspecified atom stereocenters. The Labute approximate surface area is 137 Å². The average molecular weight is 347 g/mol. The first-order valence-electron chi connectivity index (χ1n) is 6.98. The van der Waals surface area contributed by atoms with Crippen LogP contribution in [0.1, 0.15) is 26.7 Å². The molecular formula is C13H21N3O8. The van der Waals surface area contributed by atoms with Crippen LogP contribution in [0.2, 0.25) is 0 Å². The highest BCUT2D eigenvalue weighted by molar-refractivity contribution is 5.93. The molecule has 11 heteroatoms.